The third-order valence-corrected chi connectivity index (χ3v) is 5.40. The van der Waals surface area contributed by atoms with Crippen LogP contribution in [0.3, 0.4) is 0 Å². The fraction of sp³-hybridized carbons (Fsp3) is 0.333. The number of hydrogen-bond acceptors (Lipinski definition) is 7. The van der Waals surface area contributed by atoms with Crippen molar-refractivity contribution in [3.8, 4) is 16.3 Å². The van der Waals surface area contributed by atoms with Crippen LogP contribution in [0.5, 0.6) is 5.75 Å². The molecule has 0 radical (unpaired) electrons. The molecule has 1 saturated heterocycles. The molecule has 0 saturated carbocycles. The van der Waals surface area contributed by atoms with Gasteiger partial charge in [-0.05, 0) is 36.1 Å². The van der Waals surface area contributed by atoms with Crippen molar-refractivity contribution < 1.29 is 9.47 Å². The number of anilines is 2. The van der Waals surface area contributed by atoms with Crippen LogP contribution in [0.2, 0.25) is 0 Å². The summed E-state index contributed by atoms with van der Waals surface area (Å²) in [6.07, 6.45) is 2.78. The van der Waals surface area contributed by atoms with Crippen molar-refractivity contribution in [2.45, 2.75) is 6.42 Å². The normalized spacial score (nSPS) is 14.7. The third-order valence-electron chi connectivity index (χ3n) is 4.51. The van der Waals surface area contributed by atoms with Crippen LogP contribution in [0.1, 0.15) is 6.42 Å². The van der Waals surface area contributed by atoms with Crippen molar-refractivity contribution in [2.75, 3.05) is 44.8 Å². The average molecular weight is 397 g/mol. The average Bonchev–Trinajstić information content (AvgIpc) is 3.28. The number of ether oxygens (including phenoxy) is 2. The maximum atomic E-state index is 5.92. The minimum absolute atomic E-state index is 0.579. The summed E-state index contributed by atoms with van der Waals surface area (Å²) < 4.78 is 11.3. The lowest BCUT2D eigenvalue weighted by Crippen LogP contribution is -2.37. The lowest BCUT2D eigenvalue weighted by molar-refractivity contribution is 0.0358. The second-order valence-electron chi connectivity index (χ2n) is 6.55. The number of morpholine rings is 1. The largest absolute Gasteiger partial charge is 0.493 e. The minimum atomic E-state index is 0.579. The van der Waals surface area contributed by atoms with Gasteiger partial charge in [0.2, 0.25) is 5.95 Å². The maximum Gasteiger partial charge on any atom is 0.227 e. The van der Waals surface area contributed by atoms with Crippen LogP contribution in [0.25, 0.3) is 10.6 Å². The van der Waals surface area contributed by atoms with Gasteiger partial charge in [-0.3, -0.25) is 4.90 Å². The van der Waals surface area contributed by atoms with E-state index in [4.69, 9.17) is 9.47 Å². The Kier molecular flexibility index (Phi) is 6.49. The van der Waals surface area contributed by atoms with Gasteiger partial charge in [0.1, 0.15) is 5.75 Å². The van der Waals surface area contributed by atoms with Gasteiger partial charge in [0.15, 0.2) is 0 Å². The highest BCUT2D eigenvalue weighted by Crippen LogP contribution is 2.24. The van der Waals surface area contributed by atoms with E-state index in [1.54, 1.807) is 17.5 Å². The van der Waals surface area contributed by atoms with E-state index < -0.39 is 0 Å². The summed E-state index contributed by atoms with van der Waals surface area (Å²) >= 11 is 1.67. The Morgan fingerprint density at radius 1 is 1.14 bits per heavy atom. The Labute approximate surface area is 169 Å². The van der Waals surface area contributed by atoms with Gasteiger partial charge < -0.3 is 14.8 Å². The highest BCUT2D eigenvalue weighted by atomic mass is 32.1. The second-order valence-corrected chi connectivity index (χ2v) is 7.50. The van der Waals surface area contributed by atoms with E-state index >= 15 is 0 Å². The molecular formula is C21H24N4O2S. The zero-order valence-corrected chi connectivity index (χ0v) is 16.5. The van der Waals surface area contributed by atoms with Gasteiger partial charge in [-0.25, -0.2) is 9.97 Å². The summed E-state index contributed by atoms with van der Waals surface area (Å²) in [6.45, 7) is 5.46. The Morgan fingerprint density at radius 2 is 2.07 bits per heavy atom. The summed E-state index contributed by atoms with van der Waals surface area (Å²) in [6, 6.07) is 13.9. The van der Waals surface area contributed by atoms with Gasteiger partial charge in [0.25, 0.3) is 0 Å². The first-order valence-electron chi connectivity index (χ1n) is 9.54. The topological polar surface area (TPSA) is 59.5 Å². The van der Waals surface area contributed by atoms with Gasteiger partial charge in [0, 0.05) is 37.6 Å². The first-order chi connectivity index (χ1) is 13.9. The smallest absolute Gasteiger partial charge is 0.227 e. The van der Waals surface area contributed by atoms with Crippen LogP contribution in [0, 0.1) is 0 Å². The minimum Gasteiger partial charge on any atom is -0.493 e. The molecule has 1 aromatic carbocycles. The lowest BCUT2D eigenvalue weighted by atomic mass is 10.3. The molecule has 0 bridgehead atoms. The molecule has 1 aliphatic rings. The van der Waals surface area contributed by atoms with Crippen molar-refractivity contribution in [1.82, 2.24) is 14.9 Å². The van der Waals surface area contributed by atoms with Crippen LogP contribution >= 0.6 is 11.3 Å². The molecule has 7 heteroatoms. The molecule has 0 amide bonds. The molecule has 6 nitrogen and oxygen atoms in total. The summed E-state index contributed by atoms with van der Waals surface area (Å²) in [5.41, 5.74) is 1.83. The van der Waals surface area contributed by atoms with Crippen molar-refractivity contribution in [3.63, 3.8) is 0 Å². The Bertz CT molecular complexity index is 866. The molecule has 2 aromatic heterocycles. The first-order valence-corrected chi connectivity index (χ1v) is 10.4. The predicted molar refractivity (Wildman–Crippen MR) is 112 cm³/mol. The molecule has 3 heterocycles. The standard InChI is InChI=1S/C21H24N4O2S/c1-4-17(23-21-22-8-7-19(24-21)20-6-2-15-28-20)16-18(5-1)27-12-3-9-25-10-13-26-14-11-25/h1-2,4-8,15-16H,3,9-14H2,(H,22,23,24). The number of aromatic nitrogens is 2. The zero-order valence-electron chi connectivity index (χ0n) is 15.7. The molecule has 146 valence electrons. The van der Waals surface area contributed by atoms with Crippen LogP contribution in [0.4, 0.5) is 11.6 Å². The van der Waals surface area contributed by atoms with Gasteiger partial charge in [-0.1, -0.05) is 12.1 Å². The summed E-state index contributed by atoms with van der Waals surface area (Å²) in [4.78, 5) is 12.5. The highest BCUT2D eigenvalue weighted by molar-refractivity contribution is 7.13. The number of thiophene rings is 1. The second kappa shape index (κ2) is 9.64. The number of nitrogens with zero attached hydrogens (tertiary/aromatic N) is 3. The van der Waals surface area contributed by atoms with Crippen molar-refractivity contribution in [1.29, 1.82) is 0 Å². The van der Waals surface area contributed by atoms with Crippen LogP contribution in [-0.4, -0.2) is 54.3 Å². The van der Waals surface area contributed by atoms with Crippen molar-refractivity contribution in [3.05, 3.63) is 54.0 Å². The van der Waals surface area contributed by atoms with Crippen molar-refractivity contribution in [2.24, 2.45) is 0 Å². The summed E-state index contributed by atoms with van der Waals surface area (Å²) in [7, 11) is 0. The van der Waals surface area contributed by atoms with Gasteiger partial charge in [-0.15, -0.1) is 11.3 Å². The molecule has 1 N–H and O–H groups in total. The van der Waals surface area contributed by atoms with E-state index in [1.807, 2.05) is 41.8 Å². The molecule has 0 atom stereocenters. The molecule has 3 aromatic rings. The Hall–Kier alpha value is -2.48. The molecular weight excluding hydrogens is 372 g/mol. The SMILES string of the molecule is c1cc(Nc2nccc(-c3cccs3)n2)cc(OCCCN2CCOCC2)c1. The fourth-order valence-electron chi connectivity index (χ4n) is 3.08. The van der Waals surface area contributed by atoms with Crippen molar-refractivity contribution >= 4 is 23.0 Å². The van der Waals surface area contributed by atoms with Gasteiger partial charge in [-0.2, -0.15) is 0 Å². The number of benzene rings is 1. The maximum absolute atomic E-state index is 5.92. The Morgan fingerprint density at radius 3 is 2.93 bits per heavy atom. The molecule has 4 rings (SSSR count). The van der Waals surface area contributed by atoms with Crippen LogP contribution in [0.15, 0.2) is 54.0 Å². The molecule has 0 unspecified atom stereocenters. The van der Waals surface area contributed by atoms with E-state index in [1.165, 1.54) is 0 Å². The van der Waals surface area contributed by atoms with E-state index in [-0.39, 0.29) is 0 Å². The van der Waals surface area contributed by atoms with Gasteiger partial charge >= 0.3 is 0 Å². The molecule has 28 heavy (non-hydrogen) atoms. The molecule has 0 aliphatic carbocycles. The number of nitrogens with one attached hydrogen (secondary N) is 1. The van der Waals surface area contributed by atoms with E-state index in [2.05, 4.69) is 26.3 Å². The van der Waals surface area contributed by atoms with Crippen LogP contribution < -0.4 is 10.1 Å². The molecule has 1 aliphatic heterocycles. The Balaban J connectivity index is 1.30. The summed E-state index contributed by atoms with van der Waals surface area (Å²) in [5.74, 6) is 1.43. The van der Waals surface area contributed by atoms with Crippen LogP contribution in [-0.2, 0) is 4.74 Å². The monoisotopic (exact) mass is 396 g/mol. The van der Waals surface area contributed by atoms with E-state index in [0.717, 1.165) is 61.3 Å². The lowest BCUT2D eigenvalue weighted by Gasteiger charge is -2.26. The third kappa shape index (κ3) is 5.28. The number of rotatable bonds is 8. The summed E-state index contributed by atoms with van der Waals surface area (Å²) in [5, 5.41) is 5.32. The molecule has 1 fully saturated rings. The number of hydrogen-bond donors (Lipinski definition) is 1. The predicted octanol–water partition coefficient (Wildman–Crippen LogP) is 4.05. The first kappa shape index (κ1) is 18.9. The fourth-order valence-corrected chi connectivity index (χ4v) is 3.77. The zero-order chi connectivity index (χ0) is 19.0. The van der Waals surface area contributed by atoms with E-state index in [0.29, 0.717) is 12.6 Å². The quantitative estimate of drug-likeness (QED) is 0.580. The molecule has 0 spiro atoms. The van der Waals surface area contributed by atoms with Gasteiger partial charge in [0.05, 0.1) is 30.4 Å². The highest BCUT2D eigenvalue weighted by Gasteiger charge is 2.09. The van der Waals surface area contributed by atoms with E-state index in [9.17, 15) is 0 Å².